The molecular formula is C16H34N2. The van der Waals surface area contributed by atoms with E-state index in [0.29, 0.717) is 11.5 Å². The lowest BCUT2D eigenvalue weighted by molar-refractivity contribution is 0.0710. The summed E-state index contributed by atoms with van der Waals surface area (Å²) in [5, 5.41) is 3.59. The molecule has 1 saturated heterocycles. The first kappa shape index (κ1) is 16.0. The topological polar surface area (TPSA) is 15.3 Å². The van der Waals surface area contributed by atoms with Crippen molar-refractivity contribution in [1.82, 2.24) is 10.2 Å². The molecule has 1 fully saturated rings. The number of unbranched alkanes of at least 4 members (excludes halogenated alkanes) is 1. The molecule has 2 nitrogen and oxygen atoms in total. The highest BCUT2D eigenvalue weighted by molar-refractivity contribution is 4.86. The van der Waals surface area contributed by atoms with Crippen LogP contribution < -0.4 is 5.32 Å². The Labute approximate surface area is 115 Å². The number of likely N-dealkylation sites (tertiary alicyclic amines) is 1. The molecule has 1 N–H and O–H groups in total. The summed E-state index contributed by atoms with van der Waals surface area (Å²) in [7, 11) is 0. The van der Waals surface area contributed by atoms with Crippen LogP contribution in [0, 0.1) is 5.41 Å². The summed E-state index contributed by atoms with van der Waals surface area (Å²) in [6.45, 7) is 14.3. The molecule has 0 bridgehead atoms. The van der Waals surface area contributed by atoms with Crippen LogP contribution in [0.15, 0.2) is 0 Å². The number of hydrogen-bond acceptors (Lipinski definition) is 2. The Bertz CT molecular complexity index is 201. The lowest BCUT2D eigenvalue weighted by Crippen LogP contribution is -2.47. The van der Waals surface area contributed by atoms with Crippen LogP contribution in [0.5, 0.6) is 0 Å². The van der Waals surface area contributed by atoms with Crippen molar-refractivity contribution in [3.05, 3.63) is 0 Å². The highest BCUT2D eigenvalue weighted by Gasteiger charge is 2.32. The molecule has 0 amide bonds. The number of hydrogen-bond donors (Lipinski definition) is 1. The van der Waals surface area contributed by atoms with Crippen molar-refractivity contribution in [2.24, 2.45) is 5.41 Å². The quantitative estimate of drug-likeness (QED) is 0.665. The van der Waals surface area contributed by atoms with E-state index < -0.39 is 0 Å². The van der Waals surface area contributed by atoms with E-state index in [1.807, 2.05) is 0 Å². The zero-order valence-corrected chi connectivity index (χ0v) is 13.1. The van der Waals surface area contributed by atoms with Gasteiger partial charge in [0.1, 0.15) is 0 Å². The average Bonchev–Trinajstić information content (AvgIpc) is 2.43. The number of nitrogens with zero attached hydrogens (tertiary/aromatic N) is 1. The minimum absolute atomic E-state index is 0.659. The molecule has 2 heteroatoms. The molecule has 0 aromatic carbocycles. The van der Waals surface area contributed by atoms with Crippen LogP contribution in [0.4, 0.5) is 0 Å². The zero-order valence-electron chi connectivity index (χ0n) is 13.1. The number of rotatable bonds is 8. The van der Waals surface area contributed by atoms with Gasteiger partial charge in [-0.2, -0.15) is 0 Å². The van der Waals surface area contributed by atoms with E-state index in [2.05, 4.69) is 37.9 Å². The zero-order chi connectivity index (χ0) is 13.4. The molecule has 108 valence electrons. The molecule has 0 saturated carbocycles. The Hall–Kier alpha value is -0.0800. The molecule has 0 aromatic heterocycles. The molecule has 1 rings (SSSR count). The van der Waals surface area contributed by atoms with E-state index in [-0.39, 0.29) is 0 Å². The number of piperidine rings is 1. The van der Waals surface area contributed by atoms with Crippen molar-refractivity contribution in [3.8, 4) is 0 Å². The summed E-state index contributed by atoms with van der Waals surface area (Å²) in [6.07, 6.45) is 8.13. The predicted molar refractivity (Wildman–Crippen MR) is 81.1 cm³/mol. The van der Waals surface area contributed by atoms with Gasteiger partial charge in [-0.3, -0.25) is 4.90 Å². The monoisotopic (exact) mass is 254 g/mol. The van der Waals surface area contributed by atoms with Crippen LogP contribution in [0.2, 0.25) is 0 Å². The van der Waals surface area contributed by atoms with Gasteiger partial charge < -0.3 is 5.32 Å². The molecule has 1 aliphatic heterocycles. The van der Waals surface area contributed by atoms with Crippen molar-refractivity contribution in [3.63, 3.8) is 0 Å². The first-order valence-corrected chi connectivity index (χ1v) is 8.12. The van der Waals surface area contributed by atoms with Gasteiger partial charge in [-0.15, -0.1) is 0 Å². The van der Waals surface area contributed by atoms with Crippen LogP contribution in [-0.4, -0.2) is 37.1 Å². The molecule has 1 aliphatic rings. The largest absolute Gasteiger partial charge is 0.315 e. The van der Waals surface area contributed by atoms with Gasteiger partial charge in [-0.05, 0) is 51.2 Å². The lowest BCUT2D eigenvalue weighted by Gasteiger charge is -2.43. The summed E-state index contributed by atoms with van der Waals surface area (Å²) in [5.74, 6) is 0. The maximum Gasteiger partial charge on any atom is 0.0192 e. The van der Waals surface area contributed by atoms with E-state index in [1.54, 1.807) is 0 Å². The van der Waals surface area contributed by atoms with E-state index in [0.717, 1.165) is 6.54 Å². The summed E-state index contributed by atoms with van der Waals surface area (Å²) in [4.78, 5) is 2.68. The van der Waals surface area contributed by atoms with Gasteiger partial charge >= 0.3 is 0 Å². The van der Waals surface area contributed by atoms with E-state index >= 15 is 0 Å². The minimum Gasteiger partial charge on any atom is -0.315 e. The lowest BCUT2D eigenvalue weighted by atomic mass is 9.74. The van der Waals surface area contributed by atoms with Crippen molar-refractivity contribution in [2.75, 3.05) is 26.2 Å². The summed E-state index contributed by atoms with van der Waals surface area (Å²) < 4.78 is 0. The van der Waals surface area contributed by atoms with Gasteiger partial charge in [0.2, 0.25) is 0 Å². The SMILES string of the molecule is CCCCNCC(C)N1CCC(CC)(CC)CC1. The normalized spacial score (nSPS) is 22.0. The Kier molecular flexibility index (Phi) is 7.25. The Morgan fingerprint density at radius 1 is 1.11 bits per heavy atom. The summed E-state index contributed by atoms with van der Waals surface area (Å²) >= 11 is 0. The highest BCUT2D eigenvalue weighted by Crippen LogP contribution is 2.38. The van der Waals surface area contributed by atoms with Gasteiger partial charge in [0.25, 0.3) is 0 Å². The van der Waals surface area contributed by atoms with Gasteiger partial charge in [-0.25, -0.2) is 0 Å². The predicted octanol–water partition coefficient (Wildman–Crippen LogP) is 3.67. The summed E-state index contributed by atoms with van der Waals surface area (Å²) in [6, 6.07) is 0.702. The molecule has 1 atom stereocenters. The maximum atomic E-state index is 3.59. The first-order valence-electron chi connectivity index (χ1n) is 8.12. The highest BCUT2D eigenvalue weighted by atomic mass is 15.2. The molecule has 0 aliphatic carbocycles. The molecule has 1 unspecified atom stereocenters. The van der Waals surface area contributed by atoms with Gasteiger partial charge in [0.15, 0.2) is 0 Å². The second-order valence-electron chi connectivity index (χ2n) is 6.15. The average molecular weight is 254 g/mol. The first-order chi connectivity index (χ1) is 8.67. The molecule has 1 heterocycles. The van der Waals surface area contributed by atoms with Crippen molar-refractivity contribution < 1.29 is 0 Å². The van der Waals surface area contributed by atoms with Gasteiger partial charge in [0, 0.05) is 12.6 Å². The fraction of sp³-hybridized carbons (Fsp3) is 1.00. The van der Waals surface area contributed by atoms with E-state index in [9.17, 15) is 0 Å². The minimum atomic E-state index is 0.659. The standard InChI is InChI=1S/C16H34N2/c1-5-8-11-17-14-15(4)18-12-9-16(6-2,7-3)10-13-18/h15,17H,5-14H2,1-4H3. The molecule has 0 radical (unpaired) electrons. The molecule has 0 spiro atoms. The van der Waals surface area contributed by atoms with E-state index in [4.69, 9.17) is 0 Å². The third-order valence-corrected chi connectivity index (χ3v) is 5.13. The van der Waals surface area contributed by atoms with Crippen LogP contribution >= 0.6 is 0 Å². The van der Waals surface area contributed by atoms with Crippen molar-refractivity contribution >= 4 is 0 Å². The Morgan fingerprint density at radius 3 is 2.22 bits per heavy atom. The Morgan fingerprint density at radius 2 is 1.72 bits per heavy atom. The smallest absolute Gasteiger partial charge is 0.0192 e. The molecule has 0 aromatic rings. The fourth-order valence-corrected chi connectivity index (χ4v) is 3.14. The van der Waals surface area contributed by atoms with Crippen molar-refractivity contribution in [2.45, 2.75) is 72.3 Å². The second-order valence-corrected chi connectivity index (χ2v) is 6.15. The summed E-state index contributed by atoms with van der Waals surface area (Å²) in [5.41, 5.74) is 0.659. The van der Waals surface area contributed by atoms with Crippen LogP contribution in [0.3, 0.4) is 0 Å². The fourth-order valence-electron chi connectivity index (χ4n) is 3.14. The molecule has 18 heavy (non-hydrogen) atoms. The maximum absolute atomic E-state index is 3.59. The Balaban J connectivity index is 2.25. The van der Waals surface area contributed by atoms with Crippen LogP contribution in [-0.2, 0) is 0 Å². The van der Waals surface area contributed by atoms with Gasteiger partial charge in [-0.1, -0.05) is 40.0 Å². The van der Waals surface area contributed by atoms with E-state index in [1.165, 1.54) is 58.2 Å². The van der Waals surface area contributed by atoms with Crippen LogP contribution in [0.1, 0.15) is 66.2 Å². The third kappa shape index (κ3) is 4.55. The third-order valence-electron chi connectivity index (χ3n) is 5.13. The second kappa shape index (κ2) is 8.16. The van der Waals surface area contributed by atoms with Crippen molar-refractivity contribution in [1.29, 1.82) is 0 Å². The van der Waals surface area contributed by atoms with Crippen LogP contribution in [0.25, 0.3) is 0 Å². The number of nitrogens with one attached hydrogen (secondary N) is 1. The van der Waals surface area contributed by atoms with Gasteiger partial charge in [0.05, 0.1) is 0 Å². The molecular weight excluding hydrogens is 220 g/mol.